The monoisotopic (exact) mass is 532 g/mol. The molecule has 2 aliphatic rings. The predicted molar refractivity (Wildman–Crippen MR) is 171 cm³/mol. The van der Waals surface area contributed by atoms with Crippen molar-refractivity contribution in [3.8, 4) is 11.8 Å². The van der Waals surface area contributed by atoms with Crippen LogP contribution in [0, 0.1) is 17.8 Å². The maximum atomic E-state index is 12.3. The average molecular weight is 533 g/mol. The van der Waals surface area contributed by atoms with Crippen LogP contribution in [0.15, 0.2) is 84.0 Å². The number of allylic oxidation sites excluding steroid dienone is 8. The molecule has 2 aromatic carbocycles. The van der Waals surface area contributed by atoms with Gasteiger partial charge in [-0.1, -0.05) is 68.3 Å². The second-order valence-corrected chi connectivity index (χ2v) is 12.0. The number of rotatable bonds is 5. The molecule has 0 aromatic heterocycles. The van der Waals surface area contributed by atoms with Crippen molar-refractivity contribution in [2.75, 3.05) is 12.4 Å². The lowest BCUT2D eigenvalue weighted by Gasteiger charge is -2.32. The number of carbonyl (C=O) groups excluding carboxylic acids is 1. The van der Waals surface area contributed by atoms with Gasteiger partial charge in [0.25, 0.3) is 5.91 Å². The van der Waals surface area contributed by atoms with E-state index in [1.165, 1.54) is 33.4 Å². The third-order valence-corrected chi connectivity index (χ3v) is 7.77. The zero-order valence-corrected chi connectivity index (χ0v) is 25.1. The van der Waals surface area contributed by atoms with Crippen molar-refractivity contribution in [3.63, 3.8) is 0 Å². The van der Waals surface area contributed by atoms with Crippen LogP contribution in [0.2, 0.25) is 0 Å². The van der Waals surface area contributed by atoms with Crippen molar-refractivity contribution in [2.45, 2.75) is 78.8 Å². The SMILES string of the molecule is CCC#CC(=O)Nc1cccc(C2=CC(C)CC=C3CCCC=C(c4cccc(CN(C)C(C)(C)C)c4)C3=C2)c1. The number of amides is 1. The number of hydrogen-bond acceptors (Lipinski definition) is 2. The van der Waals surface area contributed by atoms with E-state index >= 15 is 0 Å². The van der Waals surface area contributed by atoms with E-state index in [4.69, 9.17) is 0 Å². The lowest BCUT2D eigenvalue weighted by molar-refractivity contribution is -0.111. The molecule has 3 nitrogen and oxygen atoms in total. The third-order valence-electron chi connectivity index (χ3n) is 7.77. The van der Waals surface area contributed by atoms with Crippen molar-refractivity contribution >= 4 is 22.7 Å². The second kappa shape index (κ2) is 13.2. The lowest BCUT2D eigenvalue weighted by Crippen LogP contribution is -2.37. The summed E-state index contributed by atoms with van der Waals surface area (Å²) in [7, 11) is 2.20. The van der Waals surface area contributed by atoms with Gasteiger partial charge in [-0.25, -0.2) is 0 Å². The van der Waals surface area contributed by atoms with E-state index in [1.54, 1.807) is 0 Å². The van der Waals surface area contributed by atoms with Crippen LogP contribution < -0.4 is 5.32 Å². The van der Waals surface area contributed by atoms with Crippen molar-refractivity contribution in [2.24, 2.45) is 5.92 Å². The maximum Gasteiger partial charge on any atom is 0.300 e. The highest BCUT2D eigenvalue weighted by Crippen LogP contribution is 2.39. The summed E-state index contributed by atoms with van der Waals surface area (Å²) < 4.78 is 0. The summed E-state index contributed by atoms with van der Waals surface area (Å²) in [5.41, 5.74) is 9.87. The van der Waals surface area contributed by atoms with Crippen LogP contribution in [0.1, 0.15) is 83.4 Å². The normalized spacial score (nSPS) is 17.5. The molecule has 1 unspecified atom stereocenters. The number of anilines is 1. The fourth-order valence-electron chi connectivity index (χ4n) is 5.15. The van der Waals surface area contributed by atoms with Gasteiger partial charge in [-0.2, -0.15) is 0 Å². The molecule has 40 heavy (non-hydrogen) atoms. The molecular weight excluding hydrogens is 488 g/mol. The van der Waals surface area contributed by atoms with Crippen LogP contribution in [0.25, 0.3) is 11.1 Å². The Hall–Kier alpha value is -3.61. The smallest absolute Gasteiger partial charge is 0.300 e. The fourth-order valence-corrected chi connectivity index (χ4v) is 5.15. The molecule has 0 spiro atoms. The molecule has 1 N–H and O–H groups in total. The molecule has 0 saturated heterocycles. The number of fused-ring (bicyclic) bond motifs is 1. The van der Waals surface area contributed by atoms with E-state index in [0.29, 0.717) is 12.3 Å². The van der Waals surface area contributed by atoms with E-state index in [-0.39, 0.29) is 11.4 Å². The Morgan fingerprint density at radius 1 is 1.05 bits per heavy atom. The van der Waals surface area contributed by atoms with Crippen LogP contribution in [0.3, 0.4) is 0 Å². The van der Waals surface area contributed by atoms with Crippen LogP contribution >= 0.6 is 0 Å². The van der Waals surface area contributed by atoms with Gasteiger partial charge in [0.2, 0.25) is 0 Å². The third kappa shape index (κ3) is 7.74. The van der Waals surface area contributed by atoms with Crippen LogP contribution in [0.4, 0.5) is 5.69 Å². The Morgan fingerprint density at radius 3 is 2.60 bits per heavy atom. The fraction of sp³-hybridized carbons (Fsp3) is 0.378. The maximum absolute atomic E-state index is 12.3. The molecule has 0 fully saturated rings. The molecule has 1 atom stereocenters. The van der Waals surface area contributed by atoms with E-state index in [1.807, 2.05) is 19.1 Å². The first-order valence-electron chi connectivity index (χ1n) is 14.7. The van der Waals surface area contributed by atoms with Crippen molar-refractivity contribution in [3.05, 3.63) is 101 Å². The summed E-state index contributed by atoms with van der Waals surface area (Å²) >= 11 is 0. The standard InChI is InChI=1S/C37H44N2O/c1-7-8-19-36(40)38-33-17-12-15-30(24-33)32-22-27(2)20-21-29-14-9-10-18-34(35(29)25-32)31-16-11-13-28(23-31)26-39(6)37(3,4)5/h11-13,15-18,21-25,27H,7,9-10,14,20,26H2,1-6H3,(H,38,40). The van der Waals surface area contributed by atoms with Gasteiger partial charge in [0, 0.05) is 24.2 Å². The van der Waals surface area contributed by atoms with Gasteiger partial charge < -0.3 is 5.32 Å². The number of nitrogens with zero attached hydrogens (tertiary/aromatic N) is 1. The molecular formula is C37H44N2O. The molecule has 1 amide bonds. The van der Waals surface area contributed by atoms with E-state index in [0.717, 1.165) is 43.5 Å². The Balaban J connectivity index is 1.74. The first-order chi connectivity index (χ1) is 19.1. The van der Waals surface area contributed by atoms with Crippen molar-refractivity contribution in [1.29, 1.82) is 0 Å². The van der Waals surface area contributed by atoms with Crippen molar-refractivity contribution < 1.29 is 4.79 Å². The van der Waals surface area contributed by atoms with Gasteiger partial charge in [-0.3, -0.25) is 9.69 Å². The van der Waals surface area contributed by atoms with Gasteiger partial charge in [-0.15, -0.1) is 0 Å². The summed E-state index contributed by atoms with van der Waals surface area (Å²) in [6.07, 6.45) is 14.6. The van der Waals surface area contributed by atoms with Gasteiger partial charge in [0.05, 0.1) is 0 Å². The predicted octanol–water partition coefficient (Wildman–Crippen LogP) is 8.81. The molecule has 0 radical (unpaired) electrons. The first-order valence-corrected chi connectivity index (χ1v) is 14.7. The van der Waals surface area contributed by atoms with Gasteiger partial charge in [-0.05, 0) is 129 Å². The summed E-state index contributed by atoms with van der Waals surface area (Å²) in [6.45, 7) is 11.9. The number of nitrogens with one attached hydrogen (secondary N) is 1. The lowest BCUT2D eigenvalue weighted by atomic mass is 9.85. The average Bonchev–Trinajstić information content (AvgIpc) is 3.10. The topological polar surface area (TPSA) is 32.3 Å². The van der Waals surface area contributed by atoms with Gasteiger partial charge >= 0.3 is 0 Å². The molecule has 2 aromatic rings. The quantitative estimate of drug-likeness (QED) is 0.390. The van der Waals surface area contributed by atoms with Crippen molar-refractivity contribution in [1.82, 2.24) is 4.90 Å². The number of carbonyl (C=O) groups is 1. The molecule has 2 aliphatic carbocycles. The minimum Gasteiger partial charge on any atom is -0.315 e. The summed E-state index contributed by atoms with van der Waals surface area (Å²) in [4.78, 5) is 14.7. The number of hydrogen-bond donors (Lipinski definition) is 1. The molecule has 0 aliphatic heterocycles. The Labute approximate surface area is 241 Å². The summed E-state index contributed by atoms with van der Waals surface area (Å²) in [6, 6.07) is 17.2. The Morgan fingerprint density at radius 2 is 1.82 bits per heavy atom. The van der Waals surface area contributed by atoms with Gasteiger partial charge in [0.1, 0.15) is 0 Å². The highest BCUT2D eigenvalue weighted by molar-refractivity contribution is 6.04. The Bertz CT molecular complexity index is 1420. The van der Waals surface area contributed by atoms with E-state index < -0.39 is 0 Å². The summed E-state index contributed by atoms with van der Waals surface area (Å²) in [5.74, 6) is 5.65. The highest BCUT2D eigenvalue weighted by Gasteiger charge is 2.21. The largest absolute Gasteiger partial charge is 0.315 e. The zero-order valence-electron chi connectivity index (χ0n) is 25.1. The Kier molecular flexibility index (Phi) is 9.67. The molecule has 0 saturated carbocycles. The summed E-state index contributed by atoms with van der Waals surface area (Å²) in [5, 5.41) is 2.94. The van der Waals surface area contributed by atoms with Crippen LogP contribution in [0.5, 0.6) is 0 Å². The van der Waals surface area contributed by atoms with E-state index in [9.17, 15) is 4.79 Å². The molecule has 0 bridgehead atoms. The number of benzene rings is 2. The molecule has 208 valence electrons. The van der Waals surface area contributed by atoms with Gasteiger partial charge in [0.15, 0.2) is 0 Å². The molecule has 4 rings (SSSR count). The minimum atomic E-state index is -0.270. The minimum absolute atomic E-state index is 0.114. The first kappa shape index (κ1) is 29.4. The molecule has 0 heterocycles. The molecule has 3 heteroatoms. The van der Waals surface area contributed by atoms with Crippen LogP contribution in [-0.2, 0) is 11.3 Å². The second-order valence-electron chi connectivity index (χ2n) is 12.0. The highest BCUT2D eigenvalue weighted by atomic mass is 16.1. The van der Waals surface area contributed by atoms with Crippen LogP contribution in [-0.4, -0.2) is 23.4 Å². The zero-order chi connectivity index (χ0) is 28.7. The van der Waals surface area contributed by atoms with E-state index in [2.05, 4.69) is 118 Å².